The number of carbonyl (C=O) groups excluding carboxylic acids is 1. The van der Waals surface area contributed by atoms with E-state index in [9.17, 15) is 13.6 Å². The highest BCUT2D eigenvalue weighted by atomic mass is 35.5. The number of methoxy groups -OCH3 is 1. The molecule has 0 bridgehead atoms. The summed E-state index contributed by atoms with van der Waals surface area (Å²) in [6.45, 7) is -1.82. The Morgan fingerprint density at radius 3 is 2.75 bits per heavy atom. The van der Waals surface area contributed by atoms with E-state index in [1.807, 2.05) is 0 Å². The third-order valence-corrected chi connectivity index (χ3v) is 2.68. The van der Waals surface area contributed by atoms with E-state index in [1.165, 1.54) is 36.3 Å². The number of ether oxygens (including phenoxy) is 2. The van der Waals surface area contributed by atoms with Gasteiger partial charge in [0.05, 0.1) is 6.61 Å². The van der Waals surface area contributed by atoms with Crippen molar-refractivity contribution in [1.29, 1.82) is 0 Å². The van der Waals surface area contributed by atoms with Crippen LogP contribution in [0.3, 0.4) is 0 Å². The second-order valence-electron chi connectivity index (χ2n) is 3.88. The largest absolute Gasteiger partial charge is 0.435 e. The molecule has 112 valence electrons. The average Bonchev–Trinajstić information content (AvgIpc) is 2.42. The molecule has 0 aliphatic heterocycles. The first-order valence-electron chi connectivity index (χ1n) is 5.97. The minimum absolute atomic E-state index is 0.0524. The van der Waals surface area contributed by atoms with Gasteiger partial charge in [-0.3, -0.25) is 4.79 Å². The fraction of sp³-hybridized carbons (Fsp3) is 0.462. The molecule has 0 unspecified atom stereocenters. The molecule has 0 atom stereocenters. The van der Waals surface area contributed by atoms with Crippen LogP contribution in [-0.4, -0.2) is 50.1 Å². The molecule has 7 heteroatoms. The number of halogens is 3. The smallest absolute Gasteiger partial charge is 0.387 e. The summed E-state index contributed by atoms with van der Waals surface area (Å²) in [6, 6.07) is 5.67. The summed E-state index contributed by atoms with van der Waals surface area (Å²) in [5.41, 5.74) is 0.268. The highest BCUT2D eigenvalue weighted by molar-refractivity contribution is 6.18. The summed E-state index contributed by atoms with van der Waals surface area (Å²) >= 11 is 5.65. The van der Waals surface area contributed by atoms with Crippen molar-refractivity contribution in [2.45, 2.75) is 6.61 Å². The summed E-state index contributed by atoms with van der Waals surface area (Å²) in [7, 11) is 1.53. The Morgan fingerprint density at radius 1 is 1.40 bits per heavy atom. The van der Waals surface area contributed by atoms with Gasteiger partial charge in [-0.05, 0) is 18.2 Å². The van der Waals surface area contributed by atoms with E-state index in [2.05, 4.69) is 4.74 Å². The molecule has 0 spiro atoms. The van der Waals surface area contributed by atoms with E-state index >= 15 is 0 Å². The zero-order chi connectivity index (χ0) is 15.0. The van der Waals surface area contributed by atoms with Gasteiger partial charge >= 0.3 is 6.61 Å². The van der Waals surface area contributed by atoms with Crippen LogP contribution in [0.2, 0.25) is 0 Å². The van der Waals surface area contributed by atoms with Gasteiger partial charge in [0, 0.05) is 31.6 Å². The van der Waals surface area contributed by atoms with E-state index in [4.69, 9.17) is 16.3 Å². The number of alkyl halides is 3. The summed E-state index contributed by atoms with van der Waals surface area (Å²) in [4.78, 5) is 13.7. The normalized spacial score (nSPS) is 10.7. The van der Waals surface area contributed by atoms with Crippen molar-refractivity contribution >= 4 is 17.5 Å². The molecule has 1 amide bonds. The molecular weight excluding hydrogens is 292 g/mol. The van der Waals surface area contributed by atoms with Crippen LogP contribution >= 0.6 is 11.6 Å². The SMILES string of the molecule is COCCN(CCCl)C(=O)c1cccc(OC(F)F)c1. The Kier molecular flexibility index (Phi) is 7.25. The predicted molar refractivity (Wildman–Crippen MR) is 71.6 cm³/mol. The first kappa shape index (κ1) is 16.7. The van der Waals surface area contributed by atoms with Crippen molar-refractivity contribution in [3.63, 3.8) is 0 Å². The van der Waals surface area contributed by atoms with Crippen molar-refractivity contribution < 1.29 is 23.0 Å². The minimum Gasteiger partial charge on any atom is -0.435 e. The summed E-state index contributed by atoms with van der Waals surface area (Å²) in [5, 5.41) is 0. The van der Waals surface area contributed by atoms with E-state index in [1.54, 1.807) is 0 Å². The quantitative estimate of drug-likeness (QED) is 0.693. The Balaban J connectivity index is 2.82. The van der Waals surface area contributed by atoms with Crippen molar-refractivity contribution in [2.24, 2.45) is 0 Å². The zero-order valence-electron chi connectivity index (χ0n) is 11.0. The lowest BCUT2D eigenvalue weighted by molar-refractivity contribution is -0.0499. The molecule has 0 aromatic heterocycles. The number of nitrogens with zero attached hydrogens (tertiary/aromatic N) is 1. The molecule has 4 nitrogen and oxygen atoms in total. The van der Waals surface area contributed by atoms with Gasteiger partial charge in [0.15, 0.2) is 0 Å². The highest BCUT2D eigenvalue weighted by Crippen LogP contribution is 2.17. The third-order valence-electron chi connectivity index (χ3n) is 2.51. The van der Waals surface area contributed by atoms with Gasteiger partial charge in [-0.25, -0.2) is 0 Å². The van der Waals surface area contributed by atoms with Gasteiger partial charge in [0.1, 0.15) is 5.75 Å². The van der Waals surface area contributed by atoms with Gasteiger partial charge in [-0.1, -0.05) is 6.07 Å². The zero-order valence-corrected chi connectivity index (χ0v) is 11.8. The molecule has 0 aliphatic carbocycles. The molecule has 1 aromatic carbocycles. The standard InChI is InChI=1S/C13H16ClF2NO3/c1-19-8-7-17(6-5-14)12(18)10-3-2-4-11(9-10)20-13(15)16/h2-4,9,13H,5-8H2,1H3. The summed E-state index contributed by atoms with van der Waals surface area (Å²) in [6.07, 6.45) is 0. The van der Waals surface area contributed by atoms with E-state index in [0.717, 1.165) is 0 Å². The monoisotopic (exact) mass is 307 g/mol. The van der Waals surface area contributed by atoms with Gasteiger partial charge in [-0.15, -0.1) is 11.6 Å². The van der Waals surface area contributed by atoms with E-state index in [-0.39, 0.29) is 23.1 Å². The first-order valence-corrected chi connectivity index (χ1v) is 6.51. The Morgan fingerprint density at radius 2 is 2.15 bits per heavy atom. The van der Waals surface area contributed by atoms with Crippen molar-refractivity contribution in [2.75, 3.05) is 32.7 Å². The Labute approximate surface area is 121 Å². The molecular formula is C13H16ClF2NO3. The molecule has 0 N–H and O–H groups in total. The maximum atomic E-state index is 12.2. The molecule has 0 radical (unpaired) electrons. The first-order chi connectivity index (χ1) is 9.58. The minimum atomic E-state index is -2.92. The maximum Gasteiger partial charge on any atom is 0.387 e. The molecule has 20 heavy (non-hydrogen) atoms. The Bertz CT molecular complexity index is 432. The maximum absolute atomic E-state index is 12.2. The average molecular weight is 308 g/mol. The van der Waals surface area contributed by atoms with Crippen LogP contribution in [-0.2, 0) is 4.74 Å². The summed E-state index contributed by atoms with van der Waals surface area (Å²) < 4.78 is 33.5. The number of amides is 1. The highest BCUT2D eigenvalue weighted by Gasteiger charge is 2.16. The number of hydrogen-bond donors (Lipinski definition) is 0. The van der Waals surface area contributed by atoms with Gasteiger partial charge in [0.25, 0.3) is 5.91 Å². The predicted octanol–water partition coefficient (Wildman–Crippen LogP) is 2.62. The lowest BCUT2D eigenvalue weighted by atomic mass is 10.2. The lowest BCUT2D eigenvalue weighted by Crippen LogP contribution is -2.35. The van der Waals surface area contributed by atoms with Crippen LogP contribution < -0.4 is 4.74 Å². The molecule has 1 aromatic rings. The van der Waals surface area contributed by atoms with Crippen LogP contribution in [0.25, 0.3) is 0 Å². The van der Waals surface area contributed by atoms with Crippen LogP contribution in [0.5, 0.6) is 5.75 Å². The van der Waals surface area contributed by atoms with Gasteiger partial charge in [0.2, 0.25) is 0 Å². The van der Waals surface area contributed by atoms with Crippen molar-refractivity contribution in [3.8, 4) is 5.75 Å². The van der Waals surface area contributed by atoms with Crippen LogP contribution in [0.15, 0.2) is 24.3 Å². The number of benzene rings is 1. The third kappa shape index (κ3) is 5.30. The molecule has 1 rings (SSSR count). The van der Waals surface area contributed by atoms with Crippen LogP contribution in [0.4, 0.5) is 8.78 Å². The number of rotatable bonds is 8. The van der Waals surface area contributed by atoms with Gasteiger partial charge < -0.3 is 14.4 Å². The van der Waals surface area contributed by atoms with E-state index in [0.29, 0.717) is 19.7 Å². The van der Waals surface area contributed by atoms with Crippen molar-refractivity contribution in [3.05, 3.63) is 29.8 Å². The van der Waals surface area contributed by atoms with E-state index < -0.39 is 6.61 Å². The fourth-order valence-electron chi connectivity index (χ4n) is 1.61. The molecule has 0 aliphatic rings. The van der Waals surface area contributed by atoms with Crippen LogP contribution in [0.1, 0.15) is 10.4 Å². The second kappa shape index (κ2) is 8.71. The number of hydrogen-bond acceptors (Lipinski definition) is 3. The Hall–Kier alpha value is -1.40. The summed E-state index contributed by atoms with van der Waals surface area (Å²) in [5.74, 6) is -0.0753. The fourth-order valence-corrected chi connectivity index (χ4v) is 1.81. The number of carbonyl (C=O) groups is 1. The lowest BCUT2D eigenvalue weighted by Gasteiger charge is -2.21. The molecule has 0 fully saturated rings. The van der Waals surface area contributed by atoms with Crippen molar-refractivity contribution in [1.82, 2.24) is 4.90 Å². The van der Waals surface area contributed by atoms with Crippen LogP contribution in [0, 0.1) is 0 Å². The molecule has 0 saturated heterocycles. The molecule has 0 heterocycles. The van der Waals surface area contributed by atoms with Gasteiger partial charge in [-0.2, -0.15) is 8.78 Å². The molecule has 0 saturated carbocycles. The topological polar surface area (TPSA) is 38.8 Å². The second-order valence-corrected chi connectivity index (χ2v) is 4.26.